The summed E-state index contributed by atoms with van der Waals surface area (Å²) in [5, 5.41) is 5.23. The number of hydrogen-bond acceptors (Lipinski definition) is 4. The minimum Gasteiger partial charge on any atom is -0.335 e. The lowest BCUT2D eigenvalue weighted by Crippen LogP contribution is -2.30. The van der Waals surface area contributed by atoms with E-state index in [-0.39, 0.29) is 11.9 Å². The molecule has 1 amide bonds. The van der Waals surface area contributed by atoms with E-state index >= 15 is 0 Å². The Hall–Kier alpha value is -2.76. The van der Waals surface area contributed by atoms with Crippen molar-refractivity contribution < 1.29 is 4.79 Å². The normalized spacial score (nSPS) is 12.4. The molecule has 6 nitrogen and oxygen atoms in total. The minimum atomic E-state index is -0.0546. The molecule has 3 aromatic rings. The molecule has 3 rings (SSSR count). The molecule has 1 unspecified atom stereocenters. The van der Waals surface area contributed by atoms with Crippen LogP contribution in [0.1, 0.15) is 40.3 Å². The first-order chi connectivity index (χ1) is 11.4. The first-order valence-electron chi connectivity index (χ1n) is 7.88. The van der Waals surface area contributed by atoms with Gasteiger partial charge < -0.3 is 4.90 Å². The van der Waals surface area contributed by atoms with E-state index in [1.165, 1.54) is 0 Å². The van der Waals surface area contributed by atoms with E-state index in [4.69, 9.17) is 0 Å². The second-order valence-corrected chi connectivity index (χ2v) is 6.09. The molecule has 124 valence electrons. The molecule has 1 atom stereocenters. The van der Waals surface area contributed by atoms with Crippen molar-refractivity contribution in [3.05, 3.63) is 53.1 Å². The number of nitrogens with zero attached hydrogens (tertiary/aromatic N) is 5. The van der Waals surface area contributed by atoms with Gasteiger partial charge in [0.1, 0.15) is 0 Å². The molecule has 0 aliphatic rings. The number of pyridine rings is 2. The summed E-state index contributed by atoms with van der Waals surface area (Å²) in [4.78, 5) is 23.4. The van der Waals surface area contributed by atoms with Crippen LogP contribution in [0.3, 0.4) is 0 Å². The summed E-state index contributed by atoms with van der Waals surface area (Å²) in [6.45, 7) is 5.81. The van der Waals surface area contributed by atoms with E-state index in [0.29, 0.717) is 5.56 Å². The Morgan fingerprint density at radius 3 is 2.58 bits per heavy atom. The third-order valence-electron chi connectivity index (χ3n) is 4.42. The standard InChI is InChI=1S/C18H21N5O/c1-11-10-15(16-12(2)21-23(5)17(16)20-11)18(24)22(4)13(3)14-6-8-19-9-7-14/h6-10,13H,1-5H3. The number of fused-ring (bicyclic) bond motifs is 1. The highest BCUT2D eigenvalue weighted by Crippen LogP contribution is 2.26. The first-order valence-corrected chi connectivity index (χ1v) is 7.88. The number of amides is 1. The number of aromatic nitrogens is 4. The van der Waals surface area contributed by atoms with Gasteiger partial charge in [-0.25, -0.2) is 4.98 Å². The Bertz CT molecular complexity index is 901. The maximum atomic E-state index is 13.1. The second kappa shape index (κ2) is 6.03. The van der Waals surface area contributed by atoms with Gasteiger partial charge >= 0.3 is 0 Å². The lowest BCUT2D eigenvalue weighted by Gasteiger charge is -2.25. The van der Waals surface area contributed by atoms with E-state index in [9.17, 15) is 4.79 Å². The molecule has 0 bridgehead atoms. The molecule has 0 spiro atoms. The molecule has 3 heterocycles. The number of hydrogen-bond donors (Lipinski definition) is 0. The van der Waals surface area contributed by atoms with Crippen molar-refractivity contribution >= 4 is 16.9 Å². The van der Waals surface area contributed by atoms with Crippen LogP contribution < -0.4 is 0 Å². The van der Waals surface area contributed by atoms with E-state index < -0.39 is 0 Å². The van der Waals surface area contributed by atoms with Crippen LogP contribution in [0.5, 0.6) is 0 Å². The number of aryl methyl sites for hydroxylation is 3. The van der Waals surface area contributed by atoms with Crippen LogP contribution in [0.2, 0.25) is 0 Å². The molecule has 3 aromatic heterocycles. The summed E-state index contributed by atoms with van der Waals surface area (Å²) in [7, 11) is 3.67. The third-order valence-corrected chi connectivity index (χ3v) is 4.42. The van der Waals surface area contributed by atoms with E-state index in [2.05, 4.69) is 15.1 Å². The number of carbonyl (C=O) groups is 1. The molecule has 0 radical (unpaired) electrons. The Morgan fingerprint density at radius 1 is 1.25 bits per heavy atom. The van der Waals surface area contributed by atoms with Gasteiger partial charge in [-0.15, -0.1) is 0 Å². The molecule has 0 saturated carbocycles. The monoisotopic (exact) mass is 323 g/mol. The fourth-order valence-corrected chi connectivity index (χ4v) is 2.97. The zero-order valence-electron chi connectivity index (χ0n) is 14.6. The third kappa shape index (κ3) is 2.64. The van der Waals surface area contributed by atoms with Crippen molar-refractivity contribution in [2.45, 2.75) is 26.8 Å². The predicted molar refractivity (Wildman–Crippen MR) is 92.7 cm³/mol. The topological polar surface area (TPSA) is 63.9 Å². The van der Waals surface area contributed by atoms with Crippen LogP contribution in [-0.2, 0) is 7.05 Å². The van der Waals surface area contributed by atoms with Gasteiger partial charge in [-0.05, 0) is 44.5 Å². The Labute approximate surface area is 141 Å². The van der Waals surface area contributed by atoms with Gasteiger partial charge in [0.05, 0.1) is 22.7 Å². The Kier molecular flexibility index (Phi) is 4.05. The average Bonchev–Trinajstić information content (AvgIpc) is 2.87. The van der Waals surface area contributed by atoms with Crippen LogP contribution in [0.4, 0.5) is 0 Å². The van der Waals surface area contributed by atoms with Gasteiger partial charge in [-0.3, -0.25) is 14.5 Å². The summed E-state index contributed by atoms with van der Waals surface area (Å²) in [5.74, 6) is -0.0362. The Balaban J connectivity index is 2.05. The Morgan fingerprint density at radius 2 is 1.92 bits per heavy atom. The van der Waals surface area contributed by atoms with Crippen molar-refractivity contribution in [1.82, 2.24) is 24.6 Å². The molecule has 0 aliphatic heterocycles. The smallest absolute Gasteiger partial charge is 0.254 e. The maximum Gasteiger partial charge on any atom is 0.254 e. The minimum absolute atomic E-state index is 0.0362. The predicted octanol–water partition coefficient (Wildman–Crippen LogP) is 2.81. The van der Waals surface area contributed by atoms with E-state index in [1.54, 1.807) is 22.0 Å². The van der Waals surface area contributed by atoms with Crippen LogP contribution in [0.25, 0.3) is 11.0 Å². The summed E-state index contributed by atoms with van der Waals surface area (Å²) in [6, 6.07) is 5.64. The first kappa shape index (κ1) is 16.1. The molecule has 0 aliphatic carbocycles. The quantitative estimate of drug-likeness (QED) is 0.743. The van der Waals surface area contributed by atoms with Crippen LogP contribution in [0, 0.1) is 13.8 Å². The fraction of sp³-hybridized carbons (Fsp3) is 0.333. The van der Waals surface area contributed by atoms with E-state index in [0.717, 1.165) is 28.0 Å². The van der Waals surface area contributed by atoms with E-state index in [1.807, 2.05) is 53.1 Å². The molecular formula is C18H21N5O. The molecule has 0 fully saturated rings. The van der Waals surface area contributed by atoms with Gasteiger partial charge in [0.15, 0.2) is 5.65 Å². The maximum absolute atomic E-state index is 13.1. The lowest BCUT2D eigenvalue weighted by atomic mass is 10.1. The highest BCUT2D eigenvalue weighted by Gasteiger charge is 2.23. The molecule has 24 heavy (non-hydrogen) atoms. The molecule has 0 aromatic carbocycles. The van der Waals surface area contributed by atoms with Crippen molar-refractivity contribution in [2.24, 2.45) is 7.05 Å². The summed E-state index contributed by atoms with van der Waals surface area (Å²) < 4.78 is 1.72. The van der Waals surface area contributed by atoms with Gasteiger partial charge in [-0.1, -0.05) is 0 Å². The molecular weight excluding hydrogens is 302 g/mol. The molecule has 0 N–H and O–H groups in total. The van der Waals surface area contributed by atoms with Crippen molar-refractivity contribution in [3.63, 3.8) is 0 Å². The zero-order valence-corrected chi connectivity index (χ0v) is 14.6. The zero-order chi connectivity index (χ0) is 17.4. The second-order valence-electron chi connectivity index (χ2n) is 6.09. The van der Waals surface area contributed by atoms with Crippen molar-refractivity contribution in [1.29, 1.82) is 0 Å². The summed E-state index contributed by atoms with van der Waals surface area (Å²) in [5.41, 5.74) is 4.05. The number of carbonyl (C=O) groups excluding carboxylic acids is 1. The molecule has 0 saturated heterocycles. The number of rotatable bonds is 3. The highest BCUT2D eigenvalue weighted by molar-refractivity contribution is 6.06. The summed E-state index contributed by atoms with van der Waals surface area (Å²) >= 11 is 0. The largest absolute Gasteiger partial charge is 0.335 e. The molecule has 6 heteroatoms. The van der Waals surface area contributed by atoms with Crippen LogP contribution in [-0.4, -0.2) is 37.6 Å². The summed E-state index contributed by atoms with van der Waals surface area (Å²) in [6.07, 6.45) is 3.48. The lowest BCUT2D eigenvalue weighted by molar-refractivity contribution is 0.0744. The SMILES string of the molecule is Cc1cc(C(=O)N(C)C(C)c2ccncc2)c2c(C)nn(C)c2n1. The van der Waals surface area contributed by atoms with Crippen molar-refractivity contribution in [2.75, 3.05) is 7.05 Å². The van der Waals surface area contributed by atoms with Gasteiger partial charge in [0.25, 0.3) is 5.91 Å². The highest BCUT2D eigenvalue weighted by atomic mass is 16.2. The van der Waals surface area contributed by atoms with Gasteiger partial charge in [0, 0.05) is 32.2 Å². The average molecular weight is 323 g/mol. The van der Waals surface area contributed by atoms with Gasteiger partial charge in [0.2, 0.25) is 0 Å². The van der Waals surface area contributed by atoms with Crippen molar-refractivity contribution in [3.8, 4) is 0 Å². The van der Waals surface area contributed by atoms with Crippen LogP contribution >= 0.6 is 0 Å². The van der Waals surface area contributed by atoms with Gasteiger partial charge in [-0.2, -0.15) is 5.10 Å². The fourth-order valence-electron chi connectivity index (χ4n) is 2.97. The van der Waals surface area contributed by atoms with Crippen LogP contribution in [0.15, 0.2) is 30.6 Å².